The van der Waals surface area contributed by atoms with Crippen LogP contribution in [0.2, 0.25) is 0 Å². The molecule has 3 heterocycles. The third-order valence-corrected chi connectivity index (χ3v) is 7.34. The van der Waals surface area contributed by atoms with Crippen LogP contribution in [0.4, 0.5) is 9.18 Å². The van der Waals surface area contributed by atoms with Crippen molar-refractivity contribution in [2.24, 2.45) is 5.92 Å². The maximum absolute atomic E-state index is 13.9. The molecule has 8 nitrogen and oxygen atoms in total. The Balaban J connectivity index is 1.52. The fourth-order valence-corrected chi connectivity index (χ4v) is 5.43. The summed E-state index contributed by atoms with van der Waals surface area (Å²) in [6, 6.07) is 5.75. The van der Waals surface area contributed by atoms with E-state index in [0.717, 1.165) is 5.69 Å². The standard InChI is InChI=1S/C24H30FN5O3S/c1-28(2)10-11-30-22(32)24(27-23(30)33,14-17-4-3-5-19(25)12-17)18-6-8-29(9-7-18)21(31)13-20-15-34-16-26-20/h3-5,12,15-16,18H,6-11,13-14H2,1-2H3,(H,27,33). The average molecular weight is 488 g/mol. The van der Waals surface area contributed by atoms with E-state index in [1.54, 1.807) is 22.5 Å². The van der Waals surface area contributed by atoms with Gasteiger partial charge in [-0.3, -0.25) is 14.5 Å². The Morgan fingerprint density at radius 2 is 2.06 bits per heavy atom. The number of benzene rings is 1. The molecule has 182 valence electrons. The van der Waals surface area contributed by atoms with Crippen molar-refractivity contribution in [1.82, 2.24) is 25.0 Å². The molecule has 0 saturated carbocycles. The second kappa shape index (κ2) is 10.2. The van der Waals surface area contributed by atoms with Crippen molar-refractivity contribution < 1.29 is 18.8 Å². The quantitative estimate of drug-likeness (QED) is 0.577. The number of likely N-dealkylation sites (tertiary alicyclic amines) is 1. The van der Waals surface area contributed by atoms with Crippen molar-refractivity contribution in [3.05, 3.63) is 52.2 Å². The average Bonchev–Trinajstić information content (AvgIpc) is 3.39. The number of urea groups is 1. The molecule has 0 spiro atoms. The maximum Gasteiger partial charge on any atom is 0.325 e. The lowest BCUT2D eigenvalue weighted by atomic mass is 9.74. The highest BCUT2D eigenvalue weighted by Crippen LogP contribution is 2.36. The number of nitrogens with one attached hydrogen (secondary N) is 1. The van der Waals surface area contributed by atoms with E-state index in [2.05, 4.69) is 10.3 Å². The molecule has 4 rings (SSSR count). The minimum absolute atomic E-state index is 0.0120. The molecule has 1 atom stereocenters. The largest absolute Gasteiger partial charge is 0.342 e. The van der Waals surface area contributed by atoms with E-state index in [4.69, 9.17) is 0 Å². The number of amides is 4. The van der Waals surface area contributed by atoms with E-state index in [1.165, 1.54) is 28.4 Å². The molecular formula is C24H30FN5O3S. The van der Waals surface area contributed by atoms with E-state index < -0.39 is 11.6 Å². The molecule has 4 amide bonds. The molecule has 0 radical (unpaired) electrons. The number of hydrogen-bond acceptors (Lipinski definition) is 6. The number of carbonyl (C=O) groups is 3. The topological polar surface area (TPSA) is 85.8 Å². The number of thiazole rings is 1. The molecule has 2 fully saturated rings. The highest BCUT2D eigenvalue weighted by atomic mass is 32.1. The third kappa shape index (κ3) is 5.12. The minimum atomic E-state index is -1.15. The Hall–Kier alpha value is -2.85. The lowest BCUT2D eigenvalue weighted by Gasteiger charge is -2.41. The van der Waals surface area contributed by atoms with Crippen LogP contribution in [-0.2, 0) is 22.4 Å². The van der Waals surface area contributed by atoms with Crippen LogP contribution in [0.5, 0.6) is 0 Å². The Morgan fingerprint density at radius 1 is 1.29 bits per heavy atom. The summed E-state index contributed by atoms with van der Waals surface area (Å²) >= 11 is 1.46. The lowest BCUT2D eigenvalue weighted by molar-refractivity contribution is -0.135. The number of likely N-dealkylation sites (N-methyl/N-ethyl adjacent to an activating group) is 1. The molecule has 2 aliphatic rings. The summed E-state index contributed by atoms with van der Waals surface area (Å²) in [5.41, 5.74) is 1.97. The zero-order chi connectivity index (χ0) is 24.3. The molecule has 1 unspecified atom stereocenters. The number of rotatable bonds is 8. The van der Waals surface area contributed by atoms with E-state index in [-0.39, 0.29) is 42.9 Å². The first kappa shape index (κ1) is 24.3. The fraction of sp³-hybridized carbons (Fsp3) is 0.500. The minimum Gasteiger partial charge on any atom is -0.342 e. The van der Waals surface area contributed by atoms with Crippen molar-refractivity contribution in [2.45, 2.75) is 31.2 Å². The van der Waals surface area contributed by atoms with Gasteiger partial charge in [0.15, 0.2) is 0 Å². The summed E-state index contributed by atoms with van der Waals surface area (Å²) in [6.45, 7) is 1.84. The summed E-state index contributed by atoms with van der Waals surface area (Å²) in [6.07, 6.45) is 1.62. The summed E-state index contributed by atoms with van der Waals surface area (Å²) in [5.74, 6) is -0.801. The van der Waals surface area contributed by atoms with Crippen LogP contribution in [0.25, 0.3) is 0 Å². The van der Waals surface area contributed by atoms with Gasteiger partial charge in [0, 0.05) is 38.0 Å². The van der Waals surface area contributed by atoms with Gasteiger partial charge < -0.3 is 15.1 Å². The smallest absolute Gasteiger partial charge is 0.325 e. The predicted molar refractivity (Wildman–Crippen MR) is 127 cm³/mol. The van der Waals surface area contributed by atoms with Gasteiger partial charge in [-0.1, -0.05) is 12.1 Å². The summed E-state index contributed by atoms with van der Waals surface area (Å²) < 4.78 is 13.9. The SMILES string of the molecule is CN(C)CCN1C(=O)NC(Cc2cccc(F)c2)(C2CCN(C(=O)Cc3cscn3)CC2)C1=O. The molecule has 0 aliphatic carbocycles. The van der Waals surface area contributed by atoms with Gasteiger partial charge in [-0.25, -0.2) is 14.2 Å². The second-order valence-electron chi connectivity index (χ2n) is 9.28. The number of carbonyl (C=O) groups excluding carboxylic acids is 3. The first-order valence-corrected chi connectivity index (χ1v) is 12.4. The highest BCUT2D eigenvalue weighted by Gasteiger charge is 2.55. The van der Waals surface area contributed by atoms with Crippen molar-refractivity contribution in [3.8, 4) is 0 Å². The van der Waals surface area contributed by atoms with Crippen LogP contribution >= 0.6 is 11.3 Å². The fourth-order valence-electron chi connectivity index (χ4n) is 4.87. The van der Waals surface area contributed by atoms with Crippen LogP contribution < -0.4 is 5.32 Å². The normalized spacial score (nSPS) is 21.4. The number of imide groups is 1. The summed E-state index contributed by atoms with van der Waals surface area (Å²) in [4.78, 5) is 48.5. The Labute approximate surface area is 202 Å². The van der Waals surface area contributed by atoms with Gasteiger partial charge in [-0.2, -0.15) is 0 Å². The van der Waals surface area contributed by atoms with Gasteiger partial charge >= 0.3 is 6.03 Å². The van der Waals surface area contributed by atoms with Crippen LogP contribution in [0, 0.1) is 11.7 Å². The number of aromatic nitrogens is 1. The van der Waals surface area contributed by atoms with Crippen LogP contribution in [0.15, 0.2) is 35.2 Å². The third-order valence-electron chi connectivity index (χ3n) is 6.71. The van der Waals surface area contributed by atoms with E-state index >= 15 is 0 Å². The second-order valence-corrected chi connectivity index (χ2v) is 10.00. The van der Waals surface area contributed by atoms with Gasteiger partial charge in [0.05, 0.1) is 17.6 Å². The molecule has 1 aromatic heterocycles. The number of piperidine rings is 1. The molecule has 34 heavy (non-hydrogen) atoms. The monoisotopic (exact) mass is 487 g/mol. The number of halogens is 1. The van der Waals surface area contributed by atoms with Crippen molar-refractivity contribution in [1.29, 1.82) is 0 Å². The molecule has 1 N–H and O–H groups in total. The lowest BCUT2D eigenvalue weighted by Crippen LogP contribution is -2.58. The molecule has 1 aromatic carbocycles. The Kier molecular flexibility index (Phi) is 7.27. The summed E-state index contributed by atoms with van der Waals surface area (Å²) in [5, 5.41) is 4.86. The van der Waals surface area contributed by atoms with Crippen LogP contribution in [-0.4, -0.2) is 83.3 Å². The van der Waals surface area contributed by atoms with E-state index in [1.807, 2.05) is 24.4 Å². The van der Waals surface area contributed by atoms with Gasteiger partial charge in [0.25, 0.3) is 5.91 Å². The first-order valence-electron chi connectivity index (χ1n) is 11.5. The van der Waals surface area contributed by atoms with Gasteiger partial charge in [0.2, 0.25) is 5.91 Å². The summed E-state index contributed by atoms with van der Waals surface area (Å²) in [7, 11) is 3.77. The van der Waals surface area contributed by atoms with Crippen LogP contribution in [0.1, 0.15) is 24.1 Å². The van der Waals surface area contributed by atoms with Gasteiger partial charge in [-0.15, -0.1) is 11.3 Å². The van der Waals surface area contributed by atoms with Crippen molar-refractivity contribution in [3.63, 3.8) is 0 Å². The highest BCUT2D eigenvalue weighted by molar-refractivity contribution is 7.07. The Bertz CT molecular complexity index is 1040. The number of nitrogens with zero attached hydrogens (tertiary/aromatic N) is 4. The molecule has 0 bridgehead atoms. The molecular weight excluding hydrogens is 457 g/mol. The van der Waals surface area contributed by atoms with Crippen molar-refractivity contribution >= 4 is 29.2 Å². The predicted octanol–water partition coefficient (Wildman–Crippen LogP) is 2.16. The maximum atomic E-state index is 13.9. The molecule has 2 aromatic rings. The first-order chi connectivity index (χ1) is 16.3. The zero-order valence-electron chi connectivity index (χ0n) is 19.5. The molecule has 2 saturated heterocycles. The van der Waals surface area contributed by atoms with Crippen LogP contribution in [0.3, 0.4) is 0 Å². The number of hydrogen-bond donors (Lipinski definition) is 1. The van der Waals surface area contributed by atoms with E-state index in [0.29, 0.717) is 38.0 Å². The molecule has 2 aliphatic heterocycles. The Morgan fingerprint density at radius 3 is 2.71 bits per heavy atom. The zero-order valence-corrected chi connectivity index (χ0v) is 20.3. The van der Waals surface area contributed by atoms with Gasteiger partial charge in [0.1, 0.15) is 11.4 Å². The molecule has 10 heteroatoms. The van der Waals surface area contributed by atoms with Crippen molar-refractivity contribution in [2.75, 3.05) is 40.3 Å². The van der Waals surface area contributed by atoms with Gasteiger partial charge in [-0.05, 0) is 50.6 Å². The van der Waals surface area contributed by atoms with E-state index in [9.17, 15) is 18.8 Å².